The third kappa shape index (κ3) is 8.99. The van der Waals surface area contributed by atoms with Gasteiger partial charge in [0.25, 0.3) is 0 Å². The van der Waals surface area contributed by atoms with Gasteiger partial charge in [-0.1, -0.05) is 32.1 Å². The van der Waals surface area contributed by atoms with Crippen molar-refractivity contribution in [1.82, 2.24) is 5.32 Å². The van der Waals surface area contributed by atoms with Gasteiger partial charge in [-0.2, -0.15) is 0 Å². The van der Waals surface area contributed by atoms with E-state index in [0.717, 1.165) is 38.5 Å². The zero-order chi connectivity index (χ0) is 25.7. The fraction of sp³-hybridized carbons (Fsp3) is 0.625. The van der Waals surface area contributed by atoms with Crippen molar-refractivity contribution in [2.24, 2.45) is 5.73 Å². The molecule has 0 aromatic heterocycles. The second-order valence-electron chi connectivity index (χ2n) is 8.26. The van der Waals surface area contributed by atoms with E-state index in [0.29, 0.717) is 24.0 Å². The Balaban J connectivity index is 2.24. The van der Waals surface area contributed by atoms with Gasteiger partial charge >= 0.3 is 5.97 Å². The number of aliphatic carboxylic acids is 1. The lowest BCUT2D eigenvalue weighted by Gasteiger charge is -2.20. The second-order valence-corrected chi connectivity index (χ2v) is 8.26. The maximum absolute atomic E-state index is 12.6. The molecular weight excluding hydrogens is 444 g/mol. The zero-order valence-corrected chi connectivity index (χ0v) is 20.2. The Morgan fingerprint density at radius 2 is 1.41 bits per heavy atom. The number of carboxylic acids is 1. The molecule has 1 aliphatic carbocycles. The van der Waals surface area contributed by atoms with Crippen molar-refractivity contribution in [3.63, 3.8) is 0 Å². The smallest absolute Gasteiger partial charge is 0.303 e. The summed E-state index contributed by atoms with van der Waals surface area (Å²) in [6.07, 6.45) is 6.57. The minimum Gasteiger partial charge on any atom is -0.489 e. The van der Waals surface area contributed by atoms with Crippen molar-refractivity contribution < 1.29 is 38.6 Å². The lowest BCUT2D eigenvalue weighted by atomic mass is 9.89. The number of carbonyl (C=O) groups is 5. The zero-order valence-electron chi connectivity index (χ0n) is 20.2. The second kappa shape index (κ2) is 14.9. The molecular formula is C24H36N2O8. The molecule has 10 heteroatoms. The Morgan fingerprint density at radius 3 is 1.94 bits per heavy atom. The normalized spacial score (nSPS) is 14.8. The van der Waals surface area contributed by atoms with Crippen LogP contribution in [0.2, 0.25) is 0 Å². The molecule has 0 aliphatic heterocycles. The highest BCUT2D eigenvalue weighted by atomic mass is 16.5. The minimum absolute atomic E-state index is 0.0246. The third-order valence-corrected chi connectivity index (χ3v) is 5.75. The van der Waals surface area contributed by atoms with Gasteiger partial charge < -0.3 is 25.6 Å². The Hall–Kier alpha value is -3.17. The lowest BCUT2D eigenvalue weighted by Crippen LogP contribution is -2.44. The van der Waals surface area contributed by atoms with Crippen LogP contribution in [0.4, 0.5) is 0 Å². The molecule has 1 aliphatic rings. The fourth-order valence-electron chi connectivity index (χ4n) is 3.78. The molecule has 0 bridgehead atoms. The quantitative estimate of drug-likeness (QED) is 0.211. The number of methoxy groups -OCH3 is 2. The number of hydrogen-bond acceptors (Lipinski definition) is 7. The van der Waals surface area contributed by atoms with Gasteiger partial charge in [-0.3, -0.25) is 24.0 Å². The summed E-state index contributed by atoms with van der Waals surface area (Å²) in [6, 6.07) is -0.967. The molecule has 0 saturated carbocycles. The van der Waals surface area contributed by atoms with Crippen LogP contribution >= 0.6 is 0 Å². The monoisotopic (exact) mass is 480 g/mol. The van der Waals surface area contributed by atoms with Gasteiger partial charge in [0.15, 0.2) is 0 Å². The van der Waals surface area contributed by atoms with Gasteiger partial charge in [-0.05, 0) is 32.6 Å². The molecule has 0 saturated heterocycles. The van der Waals surface area contributed by atoms with E-state index in [9.17, 15) is 24.0 Å². The average Bonchev–Trinajstić information content (AvgIpc) is 2.79. The van der Waals surface area contributed by atoms with Crippen molar-refractivity contribution in [3.8, 4) is 0 Å². The third-order valence-electron chi connectivity index (χ3n) is 5.75. The van der Waals surface area contributed by atoms with Crippen LogP contribution < -0.4 is 11.1 Å². The number of nitrogens with two attached hydrogens (primary N) is 1. The number of allylic oxidation sites excluding steroid dienone is 2. The van der Waals surface area contributed by atoms with Crippen LogP contribution in [0.3, 0.4) is 0 Å². The van der Waals surface area contributed by atoms with Crippen molar-refractivity contribution in [3.05, 3.63) is 22.7 Å². The first-order valence-electron chi connectivity index (χ1n) is 11.6. The molecule has 0 fully saturated rings. The SMILES string of the molecule is COC1=C(OC)C(=O)C(CCCCCCCCCC(=O)N[C@H](CCC(=O)O)C(N)=O)=C(C)C1=O. The van der Waals surface area contributed by atoms with E-state index in [2.05, 4.69) is 5.32 Å². The Kier molecular flexibility index (Phi) is 12.6. The molecule has 0 aromatic carbocycles. The highest BCUT2D eigenvalue weighted by Crippen LogP contribution is 2.28. The summed E-state index contributed by atoms with van der Waals surface area (Å²) in [6.45, 7) is 1.63. The first-order valence-corrected chi connectivity index (χ1v) is 11.6. The molecule has 0 spiro atoms. The summed E-state index contributed by atoms with van der Waals surface area (Å²) in [5.74, 6) is -2.81. The molecule has 0 unspecified atom stereocenters. The van der Waals surface area contributed by atoms with E-state index >= 15 is 0 Å². The average molecular weight is 481 g/mol. The first kappa shape index (κ1) is 28.9. The summed E-state index contributed by atoms with van der Waals surface area (Å²) in [5.41, 5.74) is 6.09. The molecule has 190 valence electrons. The maximum atomic E-state index is 12.6. The number of unbranched alkanes of at least 4 members (excludes halogenated alkanes) is 6. The minimum atomic E-state index is -1.05. The van der Waals surface area contributed by atoms with E-state index < -0.39 is 17.9 Å². The number of amides is 2. The van der Waals surface area contributed by atoms with Crippen LogP contribution in [0.5, 0.6) is 0 Å². The topological polar surface area (TPSA) is 162 Å². The number of ketones is 2. The van der Waals surface area contributed by atoms with Crippen LogP contribution in [0.15, 0.2) is 22.7 Å². The van der Waals surface area contributed by atoms with Crippen LogP contribution in [0.25, 0.3) is 0 Å². The molecule has 4 N–H and O–H groups in total. The summed E-state index contributed by atoms with van der Waals surface area (Å²) in [5, 5.41) is 11.2. The fourth-order valence-corrected chi connectivity index (χ4v) is 3.78. The van der Waals surface area contributed by atoms with Gasteiger partial charge in [0, 0.05) is 24.0 Å². The summed E-state index contributed by atoms with van der Waals surface area (Å²) in [7, 11) is 2.68. The van der Waals surface area contributed by atoms with Crippen LogP contribution in [-0.2, 0) is 33.4 Å². The van der Waals surface area contributed by atoms with Crippen molar-refractivity contribution in [2.75, 3.05) is 14.2 Å². The maximum Gasteiger partial charge on any atom is 0.303 e. The predicted molar refractivity (Wildman–Crippen MR) is 123 cm³/mol. The summed E-state index contributed by atoms with van der Waals surface area (Å²) < 4.78 is 10.1. The van der Waals surface area contributed by atoms with Crippen molar-refractivity contribution in [1.29, 1.82) is 0 Å². The molecule has 10 nitrogen and oxygen atoms in total. The lowest BCUT2D eigenvalue weighted by molar-refractivity contribution is -0.137. The number of carboxylic acid groups (broad SMARTS) is 1. The highest BCUT2D eigenvalue weighted by Gasteiger charge is 2.34. The van der Waals surface area contributed by atoms with Gasteiger partial charge in [0.2, 0.25) is 34.9 Å². The van der Waals surface area contributed by atoms with Gasteiger partial charge in [-0.25, -0.2) is 0 Å². The number of hydrogen-bond donors (Lipinski definition) is 3. The Labute approximate surface area is 199 Å². The van der Waals surface area contributed by atoms with E-state index in [-0.39, 0.29) is 48.3 Å². The molecule has 0 heterocycles. The van der Waals surface area contributed by atoms with Gasteiger partial charge in [0.1, 0.15) is 6.04 Å². The van der Waals surface area contributed by atoms with E-state index in [1.807, 2.05) is 0 Å². The van der Waals surface area contributed by atoms with E-state index in [4.69, 9.17) is 20.3 Å². The summed E-state index contributed by atoms with van der Waals surface area (Å²) >= 11 is 0. The molecule has 34 heavy (non-hydrogen) atoms. The summed E-state index contributed by atoms with van der Waals surface area (Å²) in [4.78, 5) is 58.8. The number of carbonyl (C=O) groups excluding carboxylic acids is 4. The van der Waals surface area contributed by atoms with E-state index in [1.54, 1.807) is 6.92 Å². The highest BCUT2D eigenvalue weighted by molar-refractivity contribution is 6.23. The Bertz CT molecular complexity index is 844. The van der Waals surface area contributed by atoms with E-state index in [1.165, 1.54) is 14.2 Å². The number of rotatable bonds is 17. The van der Waals surface area contributed by atoms with Crippen LogP contribution in [0.1, 0.15) is 77.6 Å². The van der Waals surface area contributed by atoms with Crippen molar-refractivity contribution >= 4 is 29.4 Å². The van der Waals surface area contributed by atoms with Crippen LogP contribution in [-0.4, -0.2) is 54.7 Å². The number of primary amides is 1. The predicted octanol–water partition coefficient (Wildman–Crippen LogP) is 2.30. The molecule has 0 radical (unpaired) electrons. The van der Waals surface area contributed by atoms with Crippen LogP contribution in [0, 0.1) is 0 Å². The number of nitrogens with one attached hydrogen (secondary N) is 1. The largest absolute Gasteiger partial charge is 0.489 e. The first-order chi connectivity index (χ1) is 16.1. The number of ether oxygens (including phenoxy) is 2. The number of Topliss-reactive ketones (excluding diaryl/α,β-unsaturated/α-hetero) is 2. The Morgan fingerprint density at radius 1 is 0.882 bits per heavy atom. The molecule has 0 aromatic rings. The molecule has 1 rings (SSSR count). The standard InChI is InChI=1S/C24H36N2O8/c1-15-16(21(31)23(34-3)22(33-2)20(15)30)11-9-7-5-4-6-8-10-12-18(27)26-17(24(25)32)13-14-19(28)29/h17H,4-14H2,1-3H3,(H2,25,32)(H,26,27)(H,28,29)/t17-/m1/s1. The van der Waals surface area contributed by atoms with Crippen molar-refractivity contribution in [2.45, 2.75) is 83.6 Å². The van der Waals surface area contributed by atoms with Gasteiger partial charge in [-0.15, -0.1) is 0 Å². The molecule has 2 amide bonds. The molecule has 1 atom stereocenters. The van der Waals surface area contributed by atoms with Gasteiger partial charge in [0.05, 0.1) is 14.2 Å².